The molecule has 2 aromatic carbocycles. The summed E-state index contributed by atoms with van der Waals surface area (Å²) >= 11 is 0. The zero-order valence-electron chi connectivity index (χ0n) is 11.8. The van der Waals surface area contributed by atoms with Gasteiger partial charge in [-0.25, -0.2) is 12.4 Å². The van der Waals surface area contributed by atoms with Gasteiger partial charge in [0, 0.05) is 18.0 Å². The van der Waals surface area contributed by atoms with E-state index in [1.54, 1.807) is 48.5 Å². The monoisotopic (exact) mass is 316 g/mol. The van der Waals surface area contributed by atoms with Gasteiger partial charge in [0.15, 0.2) is 0 Å². The van der Waals surface area contributed by atoms with Gasteiger partial charge in [0.25, 0.3) is 10.0 Å². The van der Waals surface area contributed by atoms with Crippen LogP contribution in [-0.2, 0) is 10.0 Å². The van der Waals surface area contributed by atoms with Gasteiger partial charge in [0.2, 0.25) is 5.88 Å². The maximum atomic E-state index is 12.9. The molecule has 0 fully saturated rings. The quantitative estimate of drug-likeness (QED) is 0.783. The van der Waals surface area contributed by atoms with E-state index in [9.17, 15) is 8.42 Å². The van der Waals surface area contributed by atoms with Crippen molar-refractivity contribution >= 4 is 20.9 Å². The minimum atomic E-state index is -3.73. The number of rotatable bonds is 5. The largest absolute Gasteiger partial charge is 0.477 e. The molecule has 0 aliphatic carbocycles. The summed E-state index contributed by atoms with van der Waals surface area (Å²) in [6.45, 7) is 0.563. The van der Waals surface area contributed by atoms with Crippen molar-refractivity contribution in [3.63, 3.8) is 0 Å². The lowest BCUT2D eigenvalue weighted by Crippen LogP contribution is -2.17. The van der Waals surface area contributed by atoms with Gasteiger partial charge in [0.1, 0.15) is 6.61 Å². The Labute approximate surface area is 129 Å². The first kappa shape index (κ1) is 14.6. The minimum absolute atomic E-state index is 0.217. The molecule has 5 nitrogen and oxygen atoms in total. The van der Waals surface area contributed by atoms with Crippen LogP contribution in [-0.4, -0.2) is 25.5 Å². The van der Waals surface area contributed by atoms with Crippen molar-refractivity contribution in [3.05, 3.63) is 60.7 Å². The van der Waals surface area contributed by atoms with E-state index in [-0.39, 0.29) is 17.4 Å². The molecule has 1 aromatic heterocycles. The number of hydrogen-bond acceptors (Lipinski definition) is 4. The standard InChI is InChI=1S/C16H16N2O3S/c17-10-11-21-16-12-13-6-4-5-9-15(13)18(16)22(19,20)14-7-2-1-3-8-14/h1-9,12H,10-11,17H2. The Hall–Kier alpha value is -2.31. The second kappa shape index (κ2) is 5.82. The van der Waals surface area contributed by atoms with Crippen molar-refractivity contribution in [3.8, 4) is 5.88 Å². The van der Waals surface area contributed by atoms with Gasteiger partial charge in [-0.15, -0.1) is 0 Å². The lowest BCUT2D eigenvalue weighted by molar-refractivity contribution is 0.314. The normalized spacial score (nSPS) is 11.7. The molecule has 6 heteroatoms. The van der Waals surface area contributed by atoms with Crippen molar-refractivity contribution < 1.29 is 13.2 Å². The van der Waals surface area contributed by atoms with Crippen molar-refractivity contribution in [2.45, 2.75) is 4.90 Å². The number of nitrogens with zero attached hydrogens (tertiary/aromatic N) is 1. The number of aromatic nitrogens is 1. The molecule has 22 heavy (non-hydrogen) atoms. The molecule has 2 N–H and O–H groups in total. The van der Waals surface area contributed by atoms with Crippen molar-refractivity contribution in [2.75, 3.05) is 13.2 Å². The van der Waals surface area contributed by atoms with E-state index in [1.165, 1.54) is 3.97 Å². The molecule has 1 heterocycles. The molecule has 0 amide bonds. The van der Waals surface area contributed by atoms with Crippen LogP contribution >= 0.6 is 0 Å². The van der Waals surface area contributed by atoms with E-state index in [4.69, 9.17) is 10.5 Å². The van der Waals surface area contributed by atoms with Crippen molar-refractivity contribution in [2.24, 2.45) is 5.73 Å². The number of ether oxygens (including phenoxy) is 1. The van der Waals surface area contributed by atoms with Crippen LogP contribution < -0.4 is 10.5 Å². The highest BCUT2D eigenvalue weighted by Gasteiger charge is 2.23. The topological polar surface area (TPSA) is 74.3 Å². The molecule has 0 saturated carbocycles. The van der Waals surface area contributed by atoms with E-state index < -0.39 is 10.0 Å². The molecule has 0 bridgehead atoms. The molecule has 0 aliphatic rings. The van der Waals surface area contributed by atoms with E-state index >= 15 is 0 Å². The van der Waals surface area contributed by atoms with Gasteiger partial charge in [-0.3, -0.25) is 0 Å². The number of hydrogen-bond donors (Lipinski definition) is 1. The average molecular weight is 316 g/mol. The second-order valence-corrected chi connectivity index (χ2v) is 6.55. The Balaban J connectivity index is 2.24. The number of para-hydroxylation sites is 1. The fraction of sp³-hybridized carbons (Fsp3) is 0.125. The zero-order valence-corrected chi connectivity index (χ0v) is 12.7. The molecule has 0 atom stereocenters. The van der Waals surface area contributed by atoms with Gasteiger partial charge in [-0.1, -0.05) is 36.4 Å². The molecule has 0 spiro atoms. The average Bonchev–Trinajstić information content (AvgIpc) is 2.92. The molecular formula is C16H16N2O3S. The summed E-state index contributed by atoms with van der Waals surface area (Å²) in [4.78, 5) is 0.217. The molecule has 0 saturated heterocycles. The van der Waals surface area contributed by atoms with Crippen LogP contribution in [0.1, 0.15) is 0 Å². The van der Waals surface area contributed by atoms with E-state index in [2.05, 4.69) is 0 Å². The highest BCUT2D eigenvalue weighted by atomic mass is 32.2. The summed E-state index contributed by atoms with van der Waals surface area (Å²) in [5, 5.41) is 0.800. The van der Waals surface area contributed by atoms with Crippen molar-refractivity contribution in [1.29, 1.82) is 0 Å². The third kappa shape index (κ3) is 2.47. The number of fused-ring (bicyclic) bond motifs is 1. The SMILES string of the molecule is NCCOc1cc2ccccc2n1S(=O)(=O)c1ccccc1. The third-order valence-electron chi connectivity index (χ3n) is 3.28. The smallest absolute Gasteiger partial charge is 0.271 e. The predicted octanol–water partition coefficient (Wildman–Crippen LogP) is 2.22. The lowest BCUT2D eigenvalue weighted by Gasteiger charge is -2.12. The third-order valence-corrected chi connectivity index (χ3v) is 5.01. The first-order valence-electron chi connectivity index (χ1n) is 6.88. The van der Waals surface area contributed by atoms with Crippen LogP contribution in [0.25, 0.3) is 10.9 Å². The van der Waals surface area contributed by atoms with Crippen molar-refractivity contribution in [1.82, 2.24) is 3.97 Å². The van der Waals surface area contributed by atoms with Gasteiger partial charge in [-0.05, 0) is 18.2 Å². The van der Waals surface area contributed by atoms with Crippen LogP contribution in [0.2, 0.25) is 0 Å². The Morgan fingerprint density at radius 3 is 2.41 bits per heavy atom. The minimum Gasteiger partial charge on any atom is -0.477 e. The van der Waals surface area contributed by atoms with E-state index in [0.29, 0.717) is 12.1 Å². The summed E-state index contributed by atoms with van der Waals surface area (Å²) in [7, 11) is -3.73. The molecule has 0 unspecified atom stereocenters. The Morgan fingerprint density at radius 1 is 1.00 bits per heavy atom. The maximum absolute atomic E-state index is 12.9. The second-order valence-electron chi connectivity index (χ2n) is 4.76. The van der Waals surface area contributed by atoms with Crippen LogP contribution in [0.15, 0.2) is 65.6 Å². The Bertz CT molecular complexity index is 886. The maximum Gasteiger partial charge on any atom is 0.271 e. The van der Waals surface area contributed by atoms with Crippen LogP contribution in [0.3, 0.4) is 0 Å². The van der Waals surface area contributed by atoms with E-state index in [0.717, 1.165) is 5.39 Å². The summed E-state index contributed by atoms with van der Waals surface area (Å²) in [5.41, 5.74) is 6.04. The van der Waals surface area contributed by atoms with Crippen LogP contribution in [0.4, 0.5) is 0 Å². The summed E-state index contributed by atoms with van der Waals surface area (Å²) in [5.74, 6) is 0.274. The van der Waals surface area contributed by atoms with Gasteiger partial charge in [-0.2, -0.15) is 0 Å². The van der Waals surface area contributed by atoms with Gasteiger partial charge < -0.3 is 10.5 Å². The number of nitrogens with two attached hydrogens (primary N) is 1. The highest BCUT2D eigenvalue weighted by molar-refractivity contribution is 7.90. The fourth-order valence-electron chi connectivity index (χ4n) is 2.31. The first-order chi connectivity index (χ1) is 10.6. The first-order valence-corrected chi connectivity index (χ1v) is 8.32. The molecular weight excluding hydrogens is 300 g/mol. The molecule has 3 rings (SSSR count). The van der Waals surface area contributed by atoms with Gasteiger partial charge >= 0.3 is 0 Å². The fourth-order valence-corrected chi connectivity index (χ4v) is 3.79. The summed E-state index contributed by atoms with van der Waals surface area (Å²) in [6.07, 6.45) is 0. The Kier molecular flexibility index (Phi) is 3.87. The molecule has 0 radical (unpaired) electrons. The zero-order chi connectivity index (χ0) is 15.6. The summed E-state index contributed by atoms with van der Waals surface area (Å²) < 4.78 is 32.7. The van der Waals surface area contributed by atoms with Gasteiger partial charge in [0.05, 0.1) is 10.4 Å². The summed E-state index contributed by atoms with van der Waals surface area (Å²) in [6, 6.07) is 17.3. The lowest BCUT2D eigenvalue weighted by atomic mass is 10.3. The molecule has 114 valence electrons. The number of benzene rings is 2. The molecule has 3 aromatic rings. The van der Waals surface area contributed by atoms with Crippen LogP contribution in [0.5, 0.6) is 5.88 Å². The molecule has 0 aliphatic heterocycles. The predicted molar refractivity (Wildman–Crippen MR) is 85.5 cm³/mol. The van der Waals surface area contributed by atoms with E-state index in [1.807, 2.05) is 12.1 Å². The Morgan fingerprint density at radius 2 is 1.68 bits per heavy atom. The van der Waals surface area contributed by atoms with Crippen LogP contribution in [0, 0.1) is 0 Å². The highest BCUT2D eigenvalue weighted by Crippen LogP contribution is 2.30.